The first kappa shape index (κ1) is 22.1. The Morgan fingerprint density at radius 3 is 2.26 bits per heavy atom. The molecule has 1 aromatic carbocycles. The lowest BCUT2D eigenvalue weighted by atomic mass is 10.2. The molecule has 11 heteroatoms. The summed E-state index contributed by atoms with van der Waals surface area (Å²) in [6.45, 7) is 5.81. The van der Waals surface area contributed by atoms with Gasteiger partial charge in [0, 0.05) is 32.2 Å². The average Bonchev–Trinajstić information content (AvgIpc) is 2.60. The van der Waals surface area contributed by atoms with Gasteiger partial charge in [0.1, 0.15) is 0 Å². The molecule has 0 bridgehead atoms. The SMILES string of the molecule is CCS(=O)(=O)N1CCN(C(=O)c2cc(S(=O)(=O)NC(C)C)ccc2Cl)CC1. The Kier molecular flexibility index (Phi) is 6.91. The van der Waals surface area contributed by atoms with Crippen LogP contribution >= 0.6 is 11.6 Å². The van der Waals surface area contributed by atoms with E-state index in [0.29, 0.717) is 0 Å². The molecule has 1 aromatic rings. The van der Waals surface area contributed by atoms with Gasteiger partial charge in [-0.15, -0.1) is 0 Å². The van der Waals surface area contributed by atoms with Crippen molar-refractivity contribution in [2.24, 2.45) is 0 Å². The van der Waals surface area contributed by atoms with Crippen LogP contribution in [0.5, 0.6) is 0 Å². The van der Waals surface area contributed by atoms with Gasteiger partial charge < -0.3 is 4.90 Å². The van der Waals surface area contributed by atoms with Gasteiger partial charge in [-0.3, -0.25) is 4.79 Å². The fraction of sp³-hybridized carbons (Fsp3) is 0.562. The van der Waals surface area contributed by atoms with E-state index in [2.05, 4.69) is 4.72 Å². The number of carbonyl (C=O) groups is 1. The average molecular weight is 438 g/mol. The Balaban J connectivity index is 2.21. The van der Waals surface area contributed by atoms with Crippen LogP contribution in [0.1, 0.15) is 31.1 Å². The topological polar surface area (TPSA) is 104 Å². The van der Waals surface area contributed by atoms with E-state index in [1.807, 2.05) is 0 Å². The second-order valence-corrected chi connectivity index (χ2v) is 10.9. The highest BCUT2D eigenvalue weighted by Gasteiger charge is 2.29. The maximum atomic E-state index is 12.8. The van der Waals surface area contributed by atoms with Crippen LogP contribution in [0, 0.1) is 0 Å². The first-order valence-electron chi connectivity index (χ1n) is 8.57. The molecule has 1 fully saturated rings. The molecule has 0 atom stereocenters. The van der Waals surface area contributed by atoms with Crippen molar-refractivity contribution in [3.63, 3.8) is 0 Å². The fourth-order valence-corrected chi connectivity index (χ4v) is 5.30. The highest BCUT2D eigenvalue weighted by molar-refractivity contribution is 7.89. The second-order valence-electron chi connectivity index (χ2n) is 6.51. The molecule has 0 aromatic heterocycles. The van der Waals surface area contributed by atoms with Crippen molar-refractivity contribution in [3.05, 3.63) is 28.8 Å². The van der Waals surface area contributed by atoms with E-state index in [1.54, 1.807) is 20.8 Å². The molecule has 0 aliphatic carbocycles. The van der Waals surface area contributed by atoms with Crippen LogP contribution < -0.4 is 4.72 Å². The molecule has 0 spiro atoms. The third kappa shape index (κ3) is 5.20. The van der Waals surface area contributed by atoms with Crippen LogP contribution in [0.2, 0.25) is 5.02 Å². The minimum atomic E-state index is -3.76. The van der Waals surface area contributed by atoms with Gasteiger partial charge >= 0.3 is 0 Å². The van der Waals surface area contributed by atoms with Crippen LogP contribution in [-0.2, 0) is 20.0 Å². The molecule has 1 heterocycles. The van der Waals surface area contributed by atoms with Crippen LogP contribution in [0.15, 0.2) is 23.1 Å². The summed E-state index contributed by atoms with van der Waals surface area (Å²) in [6, 6.07) is 3.68. The van der Waals surface area contributed by atoms with E-state index in [-0.39, 0.29) is 53.5 Å². The van der Waals surface area contributed by atoms with Crippen LogP contribution in [-0.4, -0.2) is 69.9 Å². The van der Waals surface area contributed by atoms with Gasteiger partial charge in [-0.25, -0.2) is 21.6 Å². The Morgan fingerprint density at radius 1 is 1.15 bits per heavy atom. The standard InChI is InChI=1S/C16H24ClN3O5S2/c1-4-26(22,23)20-9-7-19(8-10-20)16(21)14-11-13(5-6-15(14)17)27(24,25)18-12(2)3/h5-6,11-12,18H,4,7-10H2,1-3H3. The van der Waals surface area contributed by atoms with Crippen molar-refractivity contribution in [3.8, 4) is 0 Å². The van der Waals surface area contributed by atoms with E-state index in [1.165, 1.54) is 27.4 Å². The molecule has 1 aliphatic rings. The first-order valence-corrected chi connectivity index (χ1v) is 12.0. The van der Waals surface area contributed by atoms with E-state index >= 15 is 0 Å². The maximum absolute atomic E-state index is 12.8. The lowest BCUT2D eigenvalue weighted by Gasteiger charge is -2.34. The van der Waals surface area contributed by atoms with Crippen molar-refractivity contribution in [2.45, 2.75) is 31.7 Å². The van der Waals surface area contributed by atoms with Crippen molar-refractivity contribution < 1.29 is 21.6 Å². The summed E-state index contributed by atoms with van der Waals surface area (Å²) >= 11 is 6.12. The summed E-state index contributed by atoms with van der Waals surface area (Å²) in [7, 11) is -7.06. The van der Waals surface area contributed by atoms with Crippen molar-refractivity contribution >= 4 is 37.6 Å². The van der Waals surface area contributed by atoms with E-state index in [9.17, 15) is 21.6 Å². The quantitative estimate of drug-likeness (QED) is 0.718. The molecule has 0 radical (unpaired) electrons. The molecule has 27 heavy (non-hydrogen) atoms. The summed E-state index contributed by atoms with van der Waals surface area (Å²) in [6.07, 6.45) is 0. The van der Waals surface area contributed by atoms with E-state index < -0.39 is 26.0 Å². The molecule has 152 valence electrons. The molecule has 1 saturated heterocycles. The molecule has 8 nitrogen and oxygen atoms in total. The Labute approximate surface area is 165 Å². The first-order chi connectivity index (χ1) is 12.5. The number of carbonyl (C=O) groups excluding carboxylic acids is 1. The molecule has 1 aliphatic heterocycles. The summed E-state index contributed by atoms with van der Waals surface area (Å²) in [4.78, 5) is 14.2. The number of hydrogen-bond donors (Lipinski definition) is 1. The van der Waals surface area contributed by atoms with Gasteiger partial charge in [-0.1, -0.05) is 11.6 Å². The zero-order valence-electron chi connectivity index (χ0n) is 15.5. The summed E-state index contributed by atoms with van der Waals surface area (Å²) in [5.74, 6) is -0.412. The van der Waals surface area contributed by atoms with Gasteiger partial charge in [-0.05, 0) is 39.0 Å². The number of nitrogens with one attached hydrogen (secondary N) is 1. The van der Waals surface area contributed by atoms with Gasteiger partial charge in [0.15, 0.2) is 0 Å². The molecular weight excluding hydrogens is 414 g/mol. The molecule has 2 rings (SSSR count). The number of hydrogen-bond acceptors (Lipinski definition) is 5. The number of piperazine rings is 1. The largest absolute Gasteiger partial charge is 0.336 e. The second kappa shape index (κ2) is 8.44. The predicted octanol–water partition coefficient (Wildman–Crippen LogP) is 1.13. The summed E-state index contributed by atoms with van der Waals surface area (Å²) < 4.78 is 52.3. The lowest BCUT2D eigenvalue weighted by molar-refractivity contribution is 0.0698. The summed E-state index contributed by atoms with van der Waals surface area (Å²) in [5.41, 5.74) is 0.0788. The van der Waals surface area contributed by atoms with Crippen LogP contribution in [0.4, 0.5) is 0 Å². The molecule has 1 N–H and O–H groups in total. The normalized spacial score (nSPS) is 16.7. The highest BCUT2D eigenvalue weighted by Crippen LogP contribution is 2.23. The van der Waals surface area contributed by atoms with E-state index in [4.69, 9.17) is 11.6 Å². The Morgan fingerprint density at radius 2 is 1.74 bits per heavy atom. The number of rotatable bonds is 6. The molecule has 0 saturated carbocycles. The molecule has 0 unspecified atom stereocenters. The van der Waals surface area contributed by atoms with Gasteiger partial charge in [0.25, 0.3) is 5.91 Å². The smallest absolute Gasteiger partial charge is 0.255 e. The van der Waals surface area contributed by atoms with Crippen molar-refractivity contribution in [1.29, 1.82) is 0 Å². The number of halogens is 1. The van der Waals surface area contributed by atoms with Gasteiger partial charge in [-0.2, -0.15) is 4.31 Å². The summed E-state index contributed by atoms with van der Waals surface area (Å²) in [5, 5.41) is 0.145. The number of sulfonamides is 2. The zero-order chi connectivity index (χ0) is 20.4. The highest BCUT2D eigenvalue weighted by atomic mass is 35.5. The zero-order valence-corrected chi connectivity index (χ0v) is 17.9. The third-order valence-electron chi connectivity index (χ3n) is 4.15. The Hall–Kier alpha value is -1.20. The van der Waals surface area contributed by atoms with Crippen LogP contribution in [0.25, 0.3) is 0 Å². The van der Waals surface area contributed by atoms with Crippen molar-refractivity contribution in [2.75, 3.05) is 31.9 Å². The number of nitrogens with zero attached hydrogens (tertiary/aromatic N) is 2. The Bertz CT molecular complexity index is 908. The minimum Gasteiger partial charge on any atom is -0.336 e. The van der Waals surface area contributed by atoms with Crippen LogP contribution in [0.3, 0.4) is 0 Å². The van der Waals surface area contributed by atoms with Gasteiger partial charge in [0.05, 0.1) is 21.2 Å². The number of amides is 1. The van der Waals surface area contributed by atoms with Gasteiger partial charge in [0.2, 0.25) is 20.0 Å². The lowest BCUT2D eigenvalue weighted by Crippen LogP contribution is -2.50. The monoisotopic (exact) mass is 437 g/mol. The molecule has 1 amide bonds. The third-order valence-corrected chi connectivity index (χ3v) is 8.02. The maximum Gasteiger partial charge on any atom is 0.255 e. The van der Waals surface area contributed by atoms with Crippen molar-refractivity contribution in [1.82, 2.24) is 13.9 Å². The fourth-order valence-electron chi connectivity index (χ4n) is 2.74. The molecular formula is C16H24ClN3O5S2. The predicted molar refractivity (Wildman–Crippen MR) is 104 cm³/mol. The number of benzene rings is 1. The van der Waals surface area contributed by atoms with E-state index in [0.717, 1.165) is 0 Å². The minimum absolute atomic E-state index is 0.00945.